The van der Waals surface area contributed by atoms with Crippen LogP contribution in [0.5, 0.6) is 0 Å². The van der Waals surface area contributed by atoms with Crippen LogP contribution in [0.4, 0.5) is 0 Å². The normalized spacial score (nSPS) is 30.6. The zero-order valence-electron chi connectivity index (χ0n) is 7.80. The SMILES string of the molecule is NC1(O)C=CC(c2ccccc2)C=C1. The van der Waals surface area contributed by atoms with Crippen molar-refractivity contribution in [3.63, 3.8) is 0 Å². The average Bonchev–Trinajstić information content (AvgIpc) is 2.19. The van der Waals surface area contributed by atoms with E-state index in [0.29, 0.717) is 0 Å². The minimum atomic E-state index is -1.27. The van der Waals surface area contributed by atoms with Gasteiger partial charge in [-0.15, -0.1) is 0 Å². The first-order valence-electron chi connectivity index (χ1n) is 4.62. The molecule has 0 saturated carbocycles. The lowest BCUT2D eigenvalue weighted by molar-refractivity contribution is 0.148. The van der Waals surface area contributed by atoms with E-state index in [1.807, 2.05) is 30.4 Å². The van der Waals surface area contributed by atoms with E-state index < -0.39 is 5.72 Å². The van der Waals surface area contributed by atoms with Crippen LogP contribution in [-0.2, 0) is 0 Å². The van der Waals surface area contributed by atoms with E-state index >= 15 is 0 Å². The molecule has 14 heavy (non-hydrogen) atoms. The van der Waals surface area contributed by atoms with Crippen LogP contribution in [0.3, 0.4) is 0 Å². The molecule has 0 aliphatic heterocycles. The van der Waals surface area contributed by atoms with E-state index in [1.54, 1.807) is 12.2 Å². The van der Waals surface area contributed by atoms with Gasteiger partial charge in [-0.3, -0.25) is 5.73 Å². The van der Waals surface area contributed by atoms with Gasteiger partial charge in [0.25, 0.3) is 0 Å². The van der Waals surface area contributed by atoms with Gasteiger partial charge in [-0.05, 0) is 17.7 Å². The third kappa shape index (κ3) is 1.92. The number of allylic oxidation sites excluding steroid dienone is 2. The molecule has 0 amide bonds. The van der Waals surface area contributed by atoms with E-state index in [-0.39, 0.29) is 5.92 Å². The largest absolute Gasteiger partial charge is 0.369 e. The summed E-state index contributed by atoms with van der Waals surface area (Å²) >= 11 is 0. The van der Waals surface area contributed by atoms with Crippen LogP contribution < -0.4 is 5.73 Å². The Bertz CT molecular complexity index is 349. The maximum absolute atomic E-state index is 9.44. The number of rotatable bonds is 1. The zero-order chi connectivity index (χ0) is 10.0. The van der Waals surface area contributed by atoms with E-state index in [9.17, 15) is 5.11 Å². The molecule has 1 aliphatic carbocycles. The molecule has 1 aromatic rings. The molecule has 0 saturated heterocycles. The van der Waals surface area contributed by atoms with Crippen molar-refractivity contribution in [2.45, 2.75) is 11.6 Å². The molecule has 0 radical (unpaired) electrons. The standard InChI is InChI=1S/C12H13NO/c13-12(14)8-6-11(7-9-12)10-4-2-1-3-5-10/h1-9,11,14H,13H2. The van der Waals surface area contributed by atoms with Crippen LogP contribution >= 0.6 is 0 Å². The second-order valence-corrected chi connectivity index (χ2v) is 3.54. The number of hydrogen-bond acceptors (Lipinski definition) is 2. The minimum absolute atomic E-state index is 0.222. The Morgan fingerprint density at radius 3 is 2.21 bits per heavy atom. The predicted octanol–water partition coefficient (Wildman–Crippen LogP) is 1.54. The molecule has 0 aromatic heterocycles. The lowest BCUT2D eigenvalue weighted by atomic mass is 9.92. The Hall–Kier alpha value is -1.38. The second kappa shape index (κ2) is 3.40. The van der Waals surface area contributed by atoms with Gasteiger partial charge in [-0.2, -0.15) is 0 Å². The maximum Gasteiger partial charge on any atom is 0.152 e. The van der Waals surface area contributed by atoms with Gasteiger partial charge in [0.15, 0.2) is 5.72 Å². The van der Waals surface area contributed by atoms with Crippen molar-refractivity contribution < 1.29 is 5.11 Å². The first kappa shape index (κ1) is 9.19. The van der Waals surface area contributed by atoms with E-state index in [4.69, 9.17) is 5.73 Å². The van der Waals surface area contributed by atoms with Gasteiger partial charge >= 0.3 is 0 Å². The Balaban J connectivity index is 2.22. The summed E-state index contributed by atoms with van der Waals surface area (Å²) in [7, 11) is 0. The molecule has 0 spiro atoms. The molecule has 0 fully saturated rings. The van der Waals surface area contributed by atoms with Gasteiger partial charge < -0.3 is 5.11 Å². The summed E-state index contributed by atoms with van der Waals surface area (Å²) in [6.07, 6.45) is 7.06. The molecule has 0 unspecified atom stereocenters. The third-order valence-electron chi connectivity index (χ3n) is 2.33. The topological polar surface area (TPSA) is 46.2 Å². The second-order valence-electron chi connectivity index (χ2n) is 3.54. The number of benzene rings is 1. The monoisotopic (exact) mass is 187 g/mol. The minimum Gasteiger partial charge on any atom is -0.369 e. The molecular weight excluding hydrogens is 174 g/mol. The summed E-state index contributed by atoms with van der Waals surface area (Å²) in [6, 6.07) is 10.1. The molecule has 1 aliphatic rings. The molecule has 0 heterocycles. The fraction of sp³-hybridized carbons (Fsp3) is 0.167. The van der Waals surface area contributed by atoms with Crippen LogP contribution in [0.15, 0.2) is 54.6 Å². The molecule has 1 aromatic carbocycles. The zero-order valence-corrected chi connectivity index (χ0v) is 7.80. The molecule has 0 bridgehead atoms. The van der Waals surface area contributed by atoms with Crippen molar-refractivity contribution in [2.24, 2.45) is 5.73 Å². The molecule has 0 atom stereocenters. The Morgan fingerprint density at radius 1 is 1.07 bits per heavy atom. The van der Waals surface area contributed by atoms with Gasteiger partial charge in [0.2, 0.25) is 0 Å². The van der Waals surface area contributed by atoms with Crippen molar-refractivity contribution in [3.8, 4) is 0 Å². The van der Waals surface area contributed by atoms with Crippen molar-refractivity contribution >= 4 is 0 Å². The highest BCUT2D eigenvalue weighted by molar-refractivity contribution is 5.34. The third-order valence-corrected chi connectivity index (χ3v) is 2.33. The van der Waals surface area contributed by atoms with Crippen LogP contribution in [-0.4, -0.2) is 10.8 Å². The Labute approximate surface area is 83.4 Å². The van der Waals surface area contributed by atoms with Gasteiger partial charge in [0.05, 0.1) is 0 Å². The number of aliphatic hydroxyl groups is 1. The summed E-state index contributed by atoms with van der Waals surface area (Å²) in [5.74, 6) is 0.222. The van der Waals surface area contributed by atoms with E-state index in [1.165, 1.54) is 5.56 Å². The highest BCUT2D eigenvalue weighted by Gasteiger charge is 2.18. The molecule has 2 heteroatoms. The number of nitrogens with two attached hydrogens (primary N) is 1. The highest BCUT2D eigenvalue weighted by Crippen LogP contribution is 2.23. The highest BCUT2D eigenvalue weighted by atomic mass is 16.3. The lowest BCUT2D eigenvalue weighted by Gasteiger charge is -2.21. The van der Waals surface area contributed by atoms with Crippen molar-refractivity contribution in [3.05, 3.63) is 60.2 Å². The van der Waals surface area contributed by atoms with Gasteiger partial charge in [0.1, 0.15) is 0 Å². The Kier molecular flexibility index (Phi) is 2.23. The smallest absolute Gasteiger partial charge is 0.152 e. The first-order chi connectivity index (χ1) is 6.67. The van der Waals surface area contributed by atoms with Gasteiger partial charge in [-0.1, -0.05) is 42.5 Å². The summed E-state index contributed by atoms with van der Waals surface area (Å²) in [5, 5.41) is 9.44. The Morgan fingerprint density at radius 2 is 1.64 bits per heavy atom. The van der Waals surface area contributed by atoms with Gasteiger partial charge in [-0.25, -0.2) is 0 Å². The van der Waals surface area contributed by atoms with Crippen molar-refractivity contribution in [1.29, 1.82) is 0 Å². The summed E-state index contributed by atoms with van der Waals surface area (Å²) < 4.78 is 0. The first-order valence-corrected chi connectivity index (χ1v) is 4.62. The van der Waals surface area contributed by atoms with Crippen LogP contribution in [0.1, 0.15) is 11.5 Å². The molecule has 3 N–H and O–H groups in total. The van der Waals surface area contributed by atoms with Crippen molar-refractivity contribution in [1.82, 2.24) is 0 Å². The molecule has 2 rings (SSSR count). The molecular formula is C12H13NO. The molecule has 2 nitrogen and oxygen atoms in total. The number of hydrogen-bond donors (Lipinski definition) is 2. The fourth-order valence-corrected chi connectivity index (χ4v) is 1.53. The summed E-state index contributed by atoms with van der Waals surface area (Å²) in [5.41, 5.74) is 5.43. The molecule has 72 valence electrons. The van der Waals surface area contributed by atoms with Crippen LogP contribution in [0.2, 0.25) is 0 Å². The van der Waals surface area contributed by atoms with Crippen LogP contribution in [0, 0.1) is 0 Å². The van der Waals surface area contributed by atoms with E-state index in [2.05, 4.69) is 12.1 Å². The fourth-order valence-electron chi connectivity index (χ4n) is 1.53. The average molecular weight is 187 g/mol. The maximum atomic E-state index is 9.44. The van der Waals surface area contributed by atoms with Crippen molar-refractivity contribution in [2.75, 3.05) is 0 Å². The van der Waals surface area contributed by atoms with Crippen LogP contribution in [0.25, 0.3) is 0 Å². The van der Waals surface area contributed by atoms with E-state index in [0.717, 1.165) is 0 Å². The quantitative estimate of drug-likeness (QED) is 0.517. The predicted molar refractivity (Wildman–Crippen MR) is 56.6 cm³/mol. The summed E-state index contributed by atoms with van der Waals surface area (Å²) in [6.45, 7) is 0. The van der Waals surface area contributed by atoms with Gasteiger partial charge in [0, 0.05) is 5.92 Å². The lowest BCUT2D eigenvalue weighted by Crippen LogP contribution is -2.35. The summed E-state index contributed by atoms with van der Waals surface area (Å²) in [4.78, 5) is 0.